The number of anilines is 3. The van der Waals surface area contributed by atoms with Gasteiger partial charge in [-0.25, -0.2) is 18.4 Å². The first-order valence-electron chi connectivity index (χ1n) is 8.82. The van der Waals surface area contributed by atoms with Crippen molar-refractivity contribution >= 4 is 49.7 Å². The summed E-state index contributed by atoms with van der Waals surface area (Å²) < 4.78 is 38.9. The summed E-state index contributed by atoms with van der Waals surface area (Å²) in [6.07, 6.45) is 0. The molecular formula is C20H18N4O4S2. The smallest absolute Gasteiger partial charge is 0.272 e. The van der Waals surface area contributed by atoms with Gasteiger partial charge in [-0.3, -0.25) is 4.72 Å². The minimum Gasteiger partial charge on any atom is -0.497 e. The van der Waals surface area contributed by atoms with Crippen LogP contribution >= 0.6 is 11.3 Å². The van der Waals surface area contributed by atoms with E-state index in [2.05, 4.69) is 20.0 Å². The lowest BCUT2D eigenvalue weighted by Crippen LogP contribution is -2.15. The number of methoxy groups -OCH3 is 2. The van der Waals surface area contributed by atoms with Crippen LogP contribution in [0, 0.1) is 0 Å². The van der Waals surface area contributed by atoms with Crippen LogP contribution in [0.4, 0.5) is 17.3 Å². The monoisotopic (exact) mass is 442 g/mol. The van der Waals surface area contributed by atoms with E-state index in [1.165, 1.54) is 6.07 Å². The summed E-state index contributed by atoms with van der Waals surface area (Å²) in [5, 5.41) is 4.82. The lowest BCUT2D eigenvalue weighted by atomic mass is 10.2. The number of aromatic nitrogens is 2. The Hall–Kier alpha value is -3.37. The van der Waals surface area contributed by atoms with Crippen LogP contribution in [0.3, 0.4) is 0 Å². The molecule has 0 spiro atoms. The molecule has 10 heteroatoms. The Morgan fingerprint density at radius 1 is 0.867 bits per heavy atom. The third-order valence-electron chi connectivity index (χ3n) is 4.18. The van der Waals surface area contributed by atoms with Crippen LogP contribution < -0.4 is 19.5 Å². The van der Waals surface area contributed by atoms with Crippen LogP contribution in [0.2, 0.25) is 0 Å². The van der Waals surface area contributed by atoms with Gasteiger partial charge in [0.15, 0.2) is 11.6 Å². The van der Waals surface area contributed by atoms with Gasteiger partial charge in [-0.15, -0.1) is 11.3 Å². The molecule has 30 heavy (non-hydrogen) atoms. The number of nitrogens with one attached hydrogen (secondary N) is 2. The Morgan fingerprint density at radius 3 is 2.07 bits per heavy atom. The molecule has 0 bridgehead atoms. The number of hydrogen-bond donors (Lipinski definition) is 2. The maximum Gasteiger partial charge on any atom is 0.272 e. The number of para-hydroxylation sites is 2. The molecule has 0 saturated carbocycles. The molecule has 0 fully saturated rings. The van der Waals surface area contributed by atoms with Crippen LogP contribution in [0.15, 0.2) is 64.2 Å². The fraction of sp³-hybridized carbons (Fsp3) is 0.100. The predicted molar refractivity (Wildman–Crippen MR) is 117 cm³/mol. The standard InChI is InChI=1S/C20H18N4O4S2/c1-27-14-10-13(11-15(12-14)28-2)21-19-20(23-17-7-4-3-6-16(17)22-19)24-30(25,26)18-8-5-9-29-18/h3-12H,1-2H3,(H,21,22)(H,23,24). The number of nitrogens with zero attached hydrogens (tertiary/aromatic N) is 2. The highest BCUT2D eigenvalue weighted by Gasteiger charge is 2.20. The van der Waals surface area contributed by atoms with Crippen LogP contribution in [0.5, 0.6) is 11.5 Å². The number of fused-ring (bicyclic) bond motifs is 1. The number of sulfonamides is 1. The minimum absolute atomic E-state index is 0.0869. The largest absolute Gasteiger partial charge is 0.497 e. The van der Waals surface area contributed by atoms with E-state index in [1.54, 1.807) is 56.0 Å². The van der Waals surface area contributed by atoms with E-state index in [-0.39, 0.29) is 15.8 Å². The summed E-state index contributed by atoms with van der Waals surface area (Å²) in [4.78, 5) is 9.05. The van der Waals surface area contributed by atoms with Gasteiger partial charge in [-0.1, -0.05) is 18.2 Å². The van der Waals surface area contributed by atoms with Crippen molar-refractivity contribution < 1.29 is 17.9 Å². The van der Waals surface area contributed by atoms with Crippen molar-refractivity contribution in [3.8, 4) is 11.5 Å². The van der Waals surface area contributed by atoms with Crippen molar-refractivity contribution in [2.45, 2.75) is 4.21 Å². The highest BCUT2D eigenvalue weighted by atomic mass is 32.2. The third-order valence-corrected chi connectivity index (χ3v) is 6.91. The van der Waals surface area contributed by atoms with Crippen molar-refractivity contribution in [2.24, 2.45) is 0 Å². The van der Waals surface area contributed by atoms with E-state index in [0.29, 0.717) is 28.2 Å². The lowest BCUT2D eigenvalue weighted by molar-refractivity contribution is 0.395. The Bertz CT molecular complexity index is 1270. The Balaban J connectivity index is 1.79. The summed E-state index contributed by atoms with van der Waals surface area (Å²) in [6.45, 7) is 0. The van der Waals surface area contributed by atoms with Gasteiger partial charge in [0.25, 0.3) is 10.0 Å². The van der Waals surface area contributed by atoms with Gasteiger partial charge >= 0.3 is 0 Å². The summed E-state index contributed by atoms with van der Waals surface area (Å²) in [5.74, 6) is 1.49. The molecule has 2 aromatic carbocycles. The average Bonchev–Trinajstić information content (AvgIpc) is 3.29. The molecular weight excluding hydrogens is 424 g/mol. The van der Waals surface area contributed by atoms with Crippen molar-refractivity contribution in [1.29, 1.82) is 0 Å². The van der Waals surface area contributed by atoms with Crippen LogP contribution in [-0.4, -0.2) is 32.6 Å². The van der Waals surface area contributed by atoms with Gasteiger partial charge in [0.2, 0.25) is 0 Å². The molecule has 0 aliphatic carbocycles. The van der Waals surface area contributed by atoms with E-state index in [0.717, 1.165) is 11.3 Å². The molecule has 0 atom stereocenters. The first-order valence-corrected chi connectivity index (χ1v) is 11.2. The Labute approximate surface area is 177 Å². The number of rotatable bonds is 7. The lowest BCUT2D eigenvalue weighted by Gasteiger charge is -2.14. The molecule has 4 rings (SSSR count). The van der Waals surface area contributed by atoms with Crippen molar-refractivity contribution in [3.05, 3.63) is 60.0 Å². The zero-order valence-electron chi connectivity index (χ0n) is 16.1. The fourth-order valence-electron chi connectivity index (χ4n) is 2.77. The van der Waals surface area contributed by atoms with E-state index in [1.807, 2.05) is 12.1 Å². The van der Waals surface area contributed by atoms with E-state index < -0.39 is 10.0 Å². The molecule has 4 aromatic rings. The molecule has 2 heterocycles. The second kappa shape index (κ2) is 8.17. The predicted octanol–water partition coefficient (Wildman–Crippen LogP) is 4.25. The molecule has 0 radical (unpaired) electrons. The van der Waals surface area contributed by atoms with E-state index in [9.17, 15) is 8.42 Å². The topological polar surface area (TPSA) is 102 Å². The summed E-state index contributed by atoms with van der Waals surface area (Å²) in [6, 6.07) is 15.7. The molecule has 8 nitrogen and oxygen atoms in total. The number of hydrogen-bond acceptors (Lipinski definition) is 8. The first kappa shape index (κ1) is 19.9. The SMILES string of the molecule is COc1cc(Nc2nc3ccccc3nc2NS(=O)(=O)c2cccs2)cc(OC)c1. The van der Waals surface area contributed by atoms with Crippen LogP contribution in [0.25, 0.3) is 11.0 Å². The molecule has 0 unspecified atom stereocenters. The van der Waals surface area contributed by atoms with Crippen molar-refractivity contribution in [2.75, 3.05) is 24.3 Å². The number of benzene rings is 2. The summed E-state index contributed by atoms with van der Waals surface area (Å²) >= 11 is 1.12. The summed E-state index contributed by atoms with van der Waals surface area (Å²) in [7, 11) is -0.701. The molecule has 154 valence electrons. The zero-order valence-corrected chi connectivity index (χ0v) is 17.8. The molecule has 0 aliphatic heterocycles. The third kappa shape index (κ3) is 4.14. The quantitative estimate of drug-likeness (QED) is 0.441. The normalized spacial score (nSPS) is 11.3. The van der Waals surface area contributed by atoms with Crippen molar-refractivity contribution in [3.63, 3.8) is 0 Å². The molecule has 2 aromatic heterocycles. The van der Waals surface area contributed by atoms with Gasteiger partial charge in [0.1, 0.15) is 15.7 Å². The second-order valence-electron chi connectivity index (χ2n) is 6.17. The van der Waals surface area contributed by atoms with Gasteiger partial charge in [0.05, 0.1) is 25.3 Å². The van der Waals surface area contributed by atoms with E-state index in [4.69, 9.17) is 9.47 Å². The number of ether oxygens (including phenoxy) is 2. The van der Waals surface area contributed by atoms with Gasteiger partial charge in [-0.2, -0.15) is 0 Å². The molecule has 2 N–H and O–H groups in total. The van der Waals surface area contributed by atoms with Gasteiger partial charge in [-0.05, 0) is 23.6 Å². The molecule has 0 saturated heterocycles. The Morgan fingerprint density at radius 2 is 1.50 bits per heavy atom. The summed E-state index contributed by atoms with van der Waals surface area (Å²) in [5.41, 5.74) is 1.79. The number of thiophene rings is 1. The zero-order chi connectivity index (χ0) is 21.1. The first-order chi connectivity index (χ1) is 14.5. The van der Waals surface area contributed by atoms with Gasteiger partial charge < -0.3 is 14.8 Å². The molecule has 0 amide bonds. The van der Waals surface area contributed by atoms with Crippen LogP contribution in [-0.2, 0) is 10.0 Å². The fourth-order valence-corrected chi connectivity index (χ4v) is 4.77. The van der Waals surface area contributed by atoms with E-state index >= 15 is 0 Å². The Kier molecular flexibility index (Phi) is 5.42. The maximum atomic E-state index is 12.8. The highest BCUT2D eigenvalue weighted by molar-refractivity contribution is 7.94. The van der Waals surface area contributed by atoms with Crippen molar-refractivity contribution in [1.82, 2.24) is 9.97 Å². The average molecular weight is 443 g/mol. The minimum atomic E-state index is -3.80. The second-order valence-corrected chi connectivity index (χ2v) is 9.03. The molecule has 0 aliphatic rings. The maximum absolute atomic E-state index is 12.8. The highest BCUT2D eigenvalue weighted by Crippen LogP contribution is 2.31. The van der Waals surface area contributed by atoms with Crippen LogP contribution in [0.1, 0.15) is 0 Å². The van der Waals surface area contributed by atoms with Gasteiger partial charge in [0, 0.05) is 23.9 Å².